The maximum atomic E-state index is 12.8. The number of thiophene rings is 1. The van der Waals surface area contributed by atoms with Gasteiger partial charge in [0.05, 0.1) is 10.4 Å². The van der Waals surface area contributed by atoms with Crippen molar-refractivity contribution in [1.29, 1.82) is 0 Å². The lowest BCUT2D eigenvalue weighted by Crippen LogP contribution is -2.09. The molecule has 3 aromatic heterocycles. The molecule has 0 aliphatic carbocycles. The van der Waals surface area contributed by atoms with Gasteiger partial charge >= 0.3 is 0 Å². The highest BCUT2D eigenvalue weighted by atomic mass is 32.1. The number of halogens is 1. The number of amides is 1. The van der Waals surface area contributed by atoms with E-state index >= 15 is 0 Å². The maximum Gasteiger partial charge on any atom is 0.265 e. The molecule has 0 unspecified atom stereocenters. The molecular formula is C14H8FN3OS2. The van der Waals surface area contributed by atoms with E-state index in [4.69, 9.17) is 0 Å². The molecule has 104 valence electrons. The zero-order valence-corrected chi connectivity index (χ0v) is 12.2. The van der Waals surface area contributed by atoms with E-state index in [0.717, 1.165) is 15.3 Å². The minimum absolute atomic E-state index is 0.214. The minimum atomic E-state index is -0.330. The van der Waals surface area contributed by atoms with Crippen molar-refractivity contribution in [3.05, 3.63) is 52.6 Å². The molecule has 0 radical (unpaired) electrons. The van der Waals surface area contributed by atoms with Crippen molar-refractivity contribution in [2.45, 2.75) is 0 Å². The van der Waals surface area contributed by atoms with Crippen LogP contribution >= 0.6 is 22.7 Å². The summed E-state index contributed by atoms with van der Waals surface area (Å²) in [5.74, 6) is -0.545. The number of rotatable bonds is 2. The number of hydrogen-bond donors (Lipinski definition) is 1. The number of nitrogens with zero attached hydrogens (tertiary/aromatic N) is 2. The van der Waals surface area contributed by atoms with Gasteiger partial charge in [-0.05, 0) is 30.3 Å². The Morgan fingerprint density at radius 3 is 2.90 bits per heavy atom. The van der Waals surface area contributed by atoms with Crippen molar-refractivity contribution < 1.29 is 9.18 Å². The highest BCUT2D eigenvalue weighted by Crippen LogP contribution is 2.28. The SMILES string of the molecule is O=C(Nc1ccc(F)cc1)c1cc2c(nc3sccn32)s1. The Morgan fingerprint density at radius 2 is 2.10 bits per heavy atom. The molecule has 1 N–H and O–H groups in total. The number of carbonyl (C=O) groups is 1. The summed E-state index contributed by atoms with van der Waals surface area (Å²) in [6.07, 6.45) is 1.93. The van der Waals surface area contributed by atoms with Gasteiger partial charge in [-0.2, -0.15) is 0 Å². The van der Waals surface area contributed by atoms with Gasteiger partial charge < -0.3 is 5.32 Å². The lowest BCUT2D eigenvalue weighted by atomic mass is 10.3. The molecule has 0 saturated heterocycles. The summed E-state index contributed by atoms with van der Waals surface area (Å²) >= 11 is 2.91. The summed E-state index contributed by atoms with van der Waals surface area (Å²) in [5, 5.41) is 4.70. The zero-order chi connectivity index (χ0) is 14.4. The van der Waals surface area contributed by atoms with Crippen molar-refractivity contribution in [2.24, 2.45) is 0 Å². The molecule has 0 saturated carbocycles. The Labute approximate surface area is 126 Å². The molecule has 1 aromatic carbocycles. The highest BCUT2D eigenvalue weighted by Gasteiger charge is 2.15. The number of imidazole rings is 1. The van der Waals surface area contributed by atoms with Gasteiger partial charge in [-0.1, -0.05) is 0 Å². The summed E-state index contributed by atoms with van der Waals surface area (Å²) < 4.78 is 14.8. The topological polar surface area (TPSA) is 46.4 Å². The third-order valence-corrected chi connectivity index (χ3v) is 4.84. The van der Waals surface area contributed by atoms with Crippen molar-refractivity contribution in [3.8, 4) is 0 Å². The summed E-state index contributed by atoms with van der Waals surface area (Å²) in [6.45, 7) is 0. The zero-order valence-electron chi connectivity index (χ0n) is 10.5. The van der Waals surface area contributed by atoms with Gasteiger partial charge in [0.15, 0.2) is 4.96 Å². The fourth-order valence-corrected chi connectivity index (χ4v) is 3.78. The van der Waals surface area contributed by atoms with E-state index in [1.807, 2.05) is 22.0 Å². The minimum Gasteiger partial charge on any atom is -0.321 e. The Morgan fingerprint density at radius 1 is 1.29 bits per heavy atom. The average Bonchev–Trinajstić information content (AvgIpc) is 3.12. The fourth-order valence-electron chi connectivity index (χ4n) is 2.09. The van der Waals surface area contributed by atoms with E-state index in [1.165, 1.54) is 35.6 Å². The van der Waals surface area contributed by atoms with Crippen LogP contribution in [0.2, 0.25) is 0 Å². The van der Waals surface area contributed by atoms with Crippen LogP contribution in [-0.2, 0) is 0 Å². The quantitative estimate of drug-likeness (QED) is 0.607. The largest absolute Gasteiger partial charge is 0.321 e. The first-order valence-corrected chi connectivity index (χ1v) is 7.82. The third kappa shape index (κ3) is 2.10. The van der Waals surface area contributed by atoms with Crippen LogP contribution < -0.4 is 5.32 Å². The summed E-state index contributed by atoms with van der Waals surface area (Å²) in [7, 11) is 0. The molecule has 0 atom stereocenters. The predicted molar refractivity (Wildman–Crippen MR) is 82.8 cm³/mol. The number of aromatic nitrogens is 2. The average molecular weight is 317 g/mol. The molecule has 4 rings (SSSR count). The van der Waals surface area contributed by atoms with Gasteiger partial charge in [0.25, 0.3) is 5.91 Å². The Hall–Kier alpha value is -2.25. The fraction of sp³-hybridized carbons (Fsp3) is 0. The first-order valence-electron chi connectivity index (χ1n) is 6.13. The van der Waals surface area contributed by atoms with E-state index in [9.17, 15) is 9.18 Å². The first kappa shape index (κ1) is 12.5. The Balaban J connectivity index is 1.66. The lowest BCUT2D eigenvalue weighted by Gasteiger charge is -2.02. The van der Waals surface area contributed by atoms with E-state index in [0.29, 0.717) is 10.6 Å². The van der Waals surface area contributed by atoms with Crippen molar-refractivity contribution in [2.75, 3.05) is 5.32 Å². The van der Waals surface area contributed by atoms with Crippen molar-refractivity contribution in [1.82, 2.24) is 9.38 Å². The van der Waals surface area contributed by atoms with E-state index in [-0.39, 0.29) is 11.7 Å². The molecule has 4 aromatic rings. The number of nitrogens with one attached hydrogen (secondary N) is 1. The molecule has 0 spiro atoms. The molecule has 7 heteroatoms. The summed E-state index contributed by atoms with van der Waals surface area (Å²) in [6, 6.07) is 7.51. The predicted octanol–water partition coefficient (Wildman–Crippen LogP) is 4.00. The van der Waals surface area contributed by atoms with Crippen molar-refractivity contribution >= 4 is 49.6 Å². The van der Waals surface area contributed by atoms with Crippen LogP contribution in [0.25, 0.3) is 15.3 Å². The van der Waals surface area contributed by atoms with Crippen LogP contribution in [0.15, 0.2) is 41.9 Å². The Kier molecular flexibility index (Phi) is 2.76. The van der Waals surface area contributed by atoms with Crippen molar-refractivity contribution in [3.63, 3.8) is 0 Å². The van der Waals surface area contributed by atoms with Gasteiger partial charge in [-0.15, -0.1) is 22.7 Å². The monoisotopic (exact) mass is 317 g/mol. The number of anilines is 1. The lowest BCUT2D eigenvalue weighted by molar-refractivity contribution is 0.103. The van der Waals surface area contributed by atoms with Crippen LogP contribution in [0.3, 0.4) is 0 Å². The van der Waals surface area contributed by atoms with Gasteiger partial charge in [-0.3, -0.25) is 9.20 Å². The van der Waals surface area contributed by atoms with E-state index < -0.39 is 0 Å². The Bertz CT molecular complexity index is 952. The molecule has 0 bridgehead atoms. The second kappa shape index (κ2) is 4.64. The number of fused-ring (bicyclic) bond motifs is 3. The normalized spacial score (nSPS) is 11.3. The molecular weight excluding hydrogens is 309 g/mol. The summed E-state index contributed by atoms with van der Waals surface area (Å²) in [5.41, 5.74) is 1.50. The molecule has 0 aliphatic heterocycles. The van der Waals surface area contributed by atoms with Gasteiger partial charge in [-0.25, -0.2) is 9.37 Å². The third-order valence-electron chi connectivity index (χ3n) is 3.07. The summed E-state index contributed by atoms with van der Waals surface area (Å²) in [4.78, 5) is 19.0. The number of carbonyl (C=O) groups excluding carboxylic acids is 1. The van der Waals surface area contributed by atoms with Crippen LogP contribution in [-0.4, -0.2) is 15.3 Å². The molecule has 3 heterocycles. The molecule has 4 nitrogen and oxygen atoms in total. The molecule has 0 aliphatic rings. The number of hydrogen-bond acceptors (Lipinski definition) is 4. The molecule has 0 fully saturated rings. The second-order valence-electron chi connectivity index (χ2n) is 4.43. The van der Waals surface area contributed by atoms with Crippen LogP contribution in [0.4, 0.5) is 10.1 Å². The maximum absolute atomic E-state index is 12.8. The smallest absolute Gasteiger partial charge is 0.265 e. The van der Waals surface area contributed by atoms with Gasteiger partial charge in [0, 0.05) is 17.3 Å². The molecule has 1 amide bonds. The van der Waals surface area contributed by atoms with Crippen LogP contribution in [0.5, 0.6) is 0 Å². The van der Waals surface area contributed by atoms with Gasteiger partial charge in [0.2, 0.25) is 0 Å². The van der Waals surface area contributed by atoms with E-state index in [2.05, 4.69) is 10.3 Å². The van der Waals surface area contributed by atoms with E-state index in [1.54, 1.807) is 11.3 Å². The molecule has 21 heavy (non-hydrogen) atoms. The standard InChI is InChI=1S/C14H8FN3OS2/c15-8-1-3-9(4-2-8)16-12(19)11-7-10-13(21-11)17-14-18(10)5-6-20-14/h1-7H,(H,16,19). The van der Waals surface area contributed by atoms with Gasteiger partial charge in [0.1, 0.15) is 10.6 Å². The number of benzene rings is 1. The van der Waals surface area contributed by atoms with Crippen LogP contribution in [0, 0.1) is 5.82 Å². The number of thiazole rings is 1. The first-order chi connectivity index (χ1) is 10.2. The van der Waals surface area contributed by atoms with Crippen LogP contribution in [0.1, 0.15) is 9.67 Å². The highest BCUT2D eigenvalue weighted by molar-refractivity contribution is 7.21. The second-order valence-corrected chi connectivity index (χ2v) is 6.33.